The minimum absolute atomic E-state index is 0.547. The van der Waals surface area contributed by atoms with E-state index in [9.17, 15) is 0 Å². The monoisotopic (exact) mass is 455 g/mol. The molecule has 4 heteroatoms. The fourth-order valence-corrected chi connectivity index (χ4v) is 7.64. The first kappa shape index (κ1) is 17.4. The average Bonchev–Trinajstić information content (AvgIpc) is 2.50. The van der Waals surface area contributed by atoms with Gasteiger partial charge in [0.1, 0.15) is 5.75 Å². The van der Waals surface area contributed by atoms with Gasteiger partial charge in [0.05, 0.1) is 11.6 Å². The smallest absolute Gasteiger partial charge is 0.137 e. The van der Waals surface area contributed by atoms with E-state index in [-0.39, 0.29) is 0 Å². The Morgan fingerprint density at radius 1 is 1.12 bits per heavy atom. The van der Waals surface area contributed by atoms with E-state index in [0.717, 1.165) is 39.0 Å². The van der Waals surface area contributed by atoms with Crippen LogP contribution < -0.4 is 10.1 Å². The second-order valence-corrected chi connectivity index (χ2v) is 10.2. The maximum Gasteiger partial charge on any atom is 0.137 e. The maximum absolute atomic E-state index is 5.60. The molecule has 132 valence electrons. The Kier molecular flexibility index (Phi) is 4.77. The average molecular weight is 457 g/mol. The van der Waals surface area contributed by atoms with Crippen LogP contribution in [0.4, 0.5) is 0 Å². The summed E-state index contributed by atoms with van der Waals surface area (Å²) in [6, 6.07) is 4.79. The summed E-state index contributed by atoms with van der Waals surface area (Å²) >= 11 is 7.22. The quantitative estimate of drug-likeness (QED) is 0.594. The molecule has 0 radical (unpaired) electrons. The van der Waals surface area contributed by atoms with Gasteiger partial charge in [-0.25, -0.2) is 0 Å². The number of methoxy groups -OCH3 is 1. The van der Waals surface area contributed by atoms with Crippen molar-refractivity contribution in [2.45, 2.75) is 58.0 Å². The van der Waals surface area contributed by atoms with Gasteiger partial charge in [-0.1, -0.05) is 15.9 Å². The van der Waals surface area contributed by atoms with Crippen molar-refractivity contribution in [1.29, 1.82) is 0 Å². The number of benzene rings is 1. The van der Waals surface area contributed by atoms with Crippen molar-refractivity contribution in [2.24, 2.45) is 23.2 Å². The van der Waals surface area contributed by atoms with Crippen LogP contribution in [0.3, 0.4) is 0 Å². The van der Waals surface area contributed by atoms with Gasteiger partial charge in [0.2, 0.25) is 0 Å². The van der Waals surface area contributed by atoms with Crippen molar-refractivity contribution in [3.63, 3.8) is 0 Å². The molecule has 0 saturated heterocycles. The Bertz CT molecular complexity index is 595. The van der Waals surface area contributed by atoms with Gasteiger partial charge in [-0.05, 0) is 96.7 Å². The lowest BCUT2D eigenvalue weighted by Gasteiger charge is -2.59. The third-order valence-electron chi connectivity index (χ3n) is 6.89. The minimum atomic E-state index is 0.547. The number of halogens is 2. The first-order valence-electron chi connectivity index (χ1n) is 9.24. The van der Waals surface area contributed by atoms with Crippen LogP contribution in [0.1, 0.15) is 51.0 Å². The molecule has 4 fully saturated rings. The molecule has 1 N–H and O–H groups in total. The van der Waals surface area contributed by atoms with Gasteiger partial charge in [-0.3, -0.25) is 0 Å². The van der Waals surface area contributed by atoms with Crippen LogP contribution in [0.15, 0.2) is 21.1 Å². The highest BCUT2D eigenvalue weighted by Gasteiger charge is 2.52. The predicted molar refractivity (Wildman–Crippen MR) is 105 cm³/mol. The SMILES string of the molecule is COc1c(Br)cc(Br)cc1CN[C@H](C)C12CC3CC(CC(C3)C1)C2. The first-order valence-corrected chi connectivity index (χ1v) is 10.8. The predicted octanol–water partition coefficient (Wildman–Crippen LogP) is 5.91. The van der Waals surface area contributed by atoms with Gasteiger partial charge in [0, 0.05) is 22.6 Å². The second kappa shape index (κ2) is 6.59. The molecule has 2 nitrogen and oxygen atoms in total. The summed E-state index contributed by atoms with van der Waals surface area (Å²) in [4.78, 5) is 0. The fourth-order valence-electron chi connectivity index (χ4n) is 6.16. The zero-order valence-electron chi connectivity index (χ0n) is 14.6. The molecule has 1 atom stereocenters. The summed E-state index contributed by atoms with van der Waals surface area (Å²) < 4.78 is 7.71. The van der Waals surface area contributed by atoms with Crippen LogP contribution in [0.2, 0.25) is 0 Å². The highest BCUT2D eigenvalue weighted by atomic mass is 79.9. The number of rotatable bonds is 5. The molecule has 4 bridgehead atoms. The van der Waals surface area contributed by atoms with Crippen molar-refractivity contribution in [2.75, 3.05) is 7.11 Å². The largest absolute Gasteiger partial charge is 0.495 e. The van der Waals surface area contributed by atoms with Crippen molar-refractivity contribution >= 4 is 31.9 Å². The lowest BCUT2D eigenvalue weighted by Crippen LogP contribution is -2.54. The molecule has 0 amide bonds. The topological polar surface area (TPSA) is 21.3 Å². The van der Waals surface area contributed by atoms with Crippen LogP contribution in [-0.2, 0) is 6.54 Å². The van der Waals surface area contributed by atoms with Crippen LogP contribution in [0, 0.1) is 23.2 Å². The molecular weight excluding hydrogens is 430 g/mol. The molecule has 0 aliphatic heterocycles. The fraction of sp³-hybridized carbons (Fsp3) is 0.700. The minimum Gasteiger partial charge on any atom is -0.495 e. The summed E-state index contributed by atoms with van der Waals surface area (Å²) in [7, 11) is 1.75. The molecule has 4 aliphatic rings. The van der Waals surface area contributed by atoms with Gasteiger partial charge in [-0.2, -0.15) is 0 Å². The molecule has 4 aliphatic carbocycles. The molecule has 4 saturated carbocycles. The molecule has 5 rings (SSSR count). The third kappa shape index (κ3) is 3.07. The van der Waals surface area contributed by atoms with Gasteiger partial charge in [0.25, 0.3) is 0 Å². The molecule has 0 heterocycles. The standard InChI is InChI=1S/C20H27Br2NO/c1-12(20-8-13-3-14(9-20)5-15(4-13)10-20)23-11-16-6-17(21)7-18(22)19(16)24-2/h6-7,12-15,23H,3-5,8-11H2,1-2H3/t12-,13?,14?,15?,20?/m1/s1. The van der Waals surface area contributed by atoms with Crippen LogP contribution in [0.5, 0.6) is 5.75 Å². The summed E-state index contributed by atoms with van der Waals surface area (Å²) in [6.07, 6.45) is 8.89. The molecule has 0 aromatic heterocycles. The van der Waals surface area contributed by atoms with E-state index in [1.54, 1.807) is 7.11 Å². The zero-order valence-corrected chi connectivity index (χ0v) is 17.8. The second-order valence-electron chi connectivity index (χ2n) is 8.46. The molecule has 24 heavy (non-hydrogen) atoms. The lowest BCUT2D eigenvalue weighted by molar-refractivity contribution is -0.0706. The Labute approximate surface area is 162 Å². The van der Waals surface area contributed by atoms with E-state index in [1.165, 1.54) is 44.1 Å². The summed E-state index contributed by atoms with van der Waals surface area (Å²) in [5, 5.41) is 3.86. The van der Waals surface area contributed by atoms with E-state index in [0.29, 0.717) is 11.5 Å². The first-order chi connectivity index (χ1) is 11.5. The Morgan fingerprint density at radius 3 is 2.25 bits per heavy atom. The number of hydrogen-bond acceptors (Lipinski definition) is 2. The van der Waals surface area contributed by atoms with E-state index in [1.807, 2.05) is 6.07 Å². The normalized spacial score (nSPS) is 35.2. The molecule has 0 unspecified atom stereocenters. The lowest BCUT2D eigenvalue weighted by atomic mass is 9.48. The van der Waals surface area contributed by atoms with Crippen LogP contribution >= 0.6 is 31.9 Å². The van der Waals surface area contributed by atoms with E-state index in [2.05, 4.69) is 50.2 Å². The third-order valence-corrected chi connectivity index (χ3v) is 7.94. The van der Waals surface area contributed by atoms with Crippen LogP contribution in [-0.4, -0.2) is 13.2 Å². The molecule has 1 aromatic rings. The Balaban J connectivity index is 1.49. The molecule has 0 spiro atoms. The number of nitrogens with one attached hydrogen (secondary N) is 1. The van der Waals surface area contributed by atoms with Gasteiger partial charge >= 0.3 is 0 Å². The molecular formula is C20H27Br2NO. The Morgan fingerprint density at radius 2 is 1.71 bits per heavy atom. The number of ether oxygens (including phenoxy) is 1. The highest BCUT2D eigenvalue weighted by Crippen LogP contribution is 2.61. The van der Waals surface area contributed by atoms with Gasteiger partial charge in [-0.15, -0.1) is 0 Å². The maximum atomic E-state index is 5.60. The van der Waals surface area contributed by atoms with Crippen LogP contribution in [0.25, 0.3) is 0 Å². The summed E-state index contributed by atoms with van der Waals surface area (Å²) in [5.74, 6) is 3.98. The zero-order chi connectivity index (χ0) is 16.9. The summed E-state index contributed by atoms with van der Waals surface area (Å²) in [5.41, 5.74) is 1.76. The number of hydrogen-bond donors (Lipinski definition) is 1. The van der Waals surface area contributed by atoms with Crippen molar-refractivity contribution in [3.05, 3.63) is 26.6 Å². The Hall–Kier alpha value is -0.0600. The van der Waals surface area contributed by atoms with Gasteiger partial charge in [0.15, 0.2) is 0 Å². The highest BCUT2D eigenvalue weighted by molar-refractivity contribution is 9.11. The van der Waals surface area contributed by atoms with Crippen molar-refractivity contribution < 1.29 is 4.74 Å². The van der Waals surface area contributed by atoms with Gasteiger partial charge < -0.3 is 10.1 Å². The van der Waals surface area contributed by atoms with E-state index in [4.69, 9.17) is 4.74 Å². The molecule has 1 aromatic carbocycles. The van der Waals surface area contributed by atoms with E-state index >= 15 is 0 Å². The van der Waals surface area contributed by atoms with E-state index < -0.39 is 0 Å². The summed E-state index contributed by atoms with van der Waals surface area (Å²) in [6.45, 7) is 3.29. The van der Waals surface area contributed by atoms with Crippen molar-refractivity contribution in [3.8, 4) is 5.75 Å². The van der Waals surface area contributed by atoms with Crippen molar-refractivity contribution in [1.82, 2.24) is 5.32 Å².